The highest BCUT2D eigenvalue weighted by Crippen LogP contribution is 2.34. The van der Waals surface area contributed by atoms with Gasteiger partial charge >= 0.3 is 0 Å². The maximum Gasteiger partial charge on any atom is 0.254 e. The number of aromatic nitrogens is 1. The number of rotatable bonds is 5. The lowest BCUT2D eigenvalue weighted by Crippen LogP contribution is -2.48. The summed E-state index contributed by atoms with van der Waals surface area (Å²) in [5.41, 5.74) is 4.14. The monoisotopic (exact) mass is 419 g/mol. The Balaban J connectivity index is 1.81. The molecule has 1 aliphatic rings. The average Bonchev–Trinajstić information content (AvgIpc) is 2.82. The van der Waals surface area contributed by atoms with Crippen molar-refractivity contribution in [2.45, 2.75) is 13.8 Å². The fourth-order valence-corrected chi connectivity index (χ4v) is 4.10. The predicted molar refractivity (Wildman–Crippen MR) is 123 cm³/mol. The Hall–Kier alpha value is -3.12. The van der Waals surface area contributed by atoms with Crippen LogP contribution in [0, 0.1) is 6.92 Å². The SMILES string of the molecule is CCN1CCN(C(=O)c2cc(-c3ccc(OC)cc3OC)nc3ccc(C)cc23)CC1. The van der Waals surface area contributed by atoms with E-state index >= 15 is 0 Å². The molecule has 0 spiro atoms. The summed E-state index contributed by atoms with van der Waals surface area (Å²) in [6.07, 6.45) is 0. The van der Waals surface area contributed by atoms with E-state index in [0.29, 0.717) is 22.8 Å². The van der Waals surface area contributed by atoms with Gasteiger partial charge in [0.25, 0.3) is 5.91 Å². The van der Waals surface area contributed by atoms with Gasteiger partial charge < -0.3 is 19.3 Å². The summed E-state index contributed by atoms with van der Waals surface area (Å²) in [6.45, 7) is 8.50. The zero-order valence-electron chi connectivity index (χ0n) is 18.6. The number of hydrogen-bond donors (Lipinski definition) is 0. The maximum absolute atomic E-state index is 13.6. The molecule has 0 N–H and O–H groups in total. The number of likely N-dealkylation sites (N-methyl/N-ethyl adjacent to an activating group) is 1. The number of carbonyl (C=O) groups excluding carboxylic acids is 1. The van der Waals surface area contributed by atoms with Crippen LogP contribution in [-0.4, -0.2) is 67.6 Å². The second-order valence-electron chi connectivity index (χ2n) is 7.87. The number of methoxy groups -OCH3 is 2. The summed E-state index contributed by atoms with van der Waals surface area (Å²) in [5.74, 6) is 1.43. The van der Waals surface area contributed by atoms with Crippen molar-refractivity contribution in [3.05, 3.63) is 53.6 Å². The molecular weight excluding hydrogens is 390 g/mol. The highest BCUT2D eigenvalue weighted by atomic mass is 16.5. The minimum atomic E-state index is 0.0579. The first-order valence-electron chi connectivity index (χ1n) is 10.7. The van der Waals surface area contributed by atoms with E-state index < -0.39 is 0 Å². The van der Waals surface area contributed by atoms with E-state index in [4.69, 9.17) is 14.5 Å². The second kappa shape index (κ2) is 8.94. The van der Waals surface area contributed by atoms with E-state index in [1.807, 2.05) is 54.3 Å². The van der Waals surface area contributed by atoms with Gasteiger partial charge in [0.15, 0.2) is 0 Å². The molecule has 2 aromatic carbocycles. The Kier molecular flexibility index (Phi) is 6.09. The minimum Gasteiger partial charge on any atom is -0.497 e. The van der Waals surface area contributed by atoms with Crippen molar-refractivity contribution in [3.63, 3.8) is 0 Å². The normalized spacial score (nSPS) is 14.6. The summed E-state index contributed by atoms with van der Waals surface area (Å²) < 4.78 is 10.9. The quantitative estimate of drug-likeness (QED) is 0.626. The smallest absolute Gasteiger partial charge is 0.254 e. The molecular formula is C25H29N3O3. The first-order valence-corrected chi connectivity index (χ1v) is 10.7. The third-order valence-electron chi connectivity index (χ3n) is 5.99. The number of carbonyl (C=O) groups is 1. The van der Waals surface area contributed by atoms with E-state index in [-0.39, 0.29) is 5.91 Å². The summed E-state index contributed by atoms with van der Waals surface area (Å²) in [7, 11) is 3.25. The molecule has 1 fully saturated rings. The van der Waals surface area contributed by atoms with Gasteiger partial charge in [-0.2, -0.15) is 0 Å². The van der Waals surface area contributed by atoms with Crippen LogP contribution in [0.5, 0.6) is 11.5 Å². The van der Waals surface area contributed by atoms with Gasteiger partial charge in [-0.3, -0.25) is 4.79 Å². The summed E-state index contributed by atoms with van der Waals surface area (Å²) in [5, 5.41) is 0.888. The van der Waals surface area contributed by atoms with Gasteiger partial charge in [0.2, 0.25) is 0 Å². The minimum absolute atomic E-state index is 0.0579. The van der Waals surface area contributed by atoms with Crippen molar-refractivity contribution in [1.82, 2.24) is 14.8 Å². The van der Waals surface area contributed by atoms with E-state index in [9.17, 15) is 4.79 Å². The van der Waals surface area contributed by atoms with Crippen LogP contribution in [-0.2, 0) is 0 Å². The molecule has 0 atom stereocenters. The lowest BCUT2D eigenvalue weighted by atomic mass is 10.0. The molecule has 1 aromatic heterocycles. The Bertz CT molecular complexity index is 1100. The van der Waals surface area contributed by atoms with Crippen molar-refractivity contribution in [2.75, 3.05) is 46.9 Å². The topological polar surface area (TPSA) is 54.9 Å². The number of benzene rings is 2. The van der Waals surface area contributed by atoms with E-state index in [1.165, 1.54) is 0 Å². The van der Waals surface area contributed by atoms with Gasteiger partial charge in [-0.25, -0.2) is 4.98 Å². The van der Waals surface area contributed by atoms with Crippen LogP contribution in [0.3, 0.4) is 0 Å². The Morgan fingerprint density at radius 3 is 2.45 bits per heavy atom. The van der Waals surface area contributed by atoms with E-state index in [0.717, 1.165) is 54.8 Å². The van der Waals surface area contributed by atoms with Crippen LogP contribution in [0.15, 0.2) is 42.5 Å². The fourth-order valence-electron chi connectivity index (χ4n) is 4.10. The molecule has 162 valence electrons. The average molecular weight is 420 g/mol. The lowest BCUT2D eigenvalue weighted by molar-refractivity contribution is 0.0645. The van der Waals surface area contributed by atoms with Crippen LogP contribution in [0.1, 0.15) is 22.8 Å². The van der Waals surface area contributed by atoms with Crippen molar-refractivity contribution < 1.29 is 14.3 Å². The molecule has 1 saturated heterocycles. The summed E-state index contributed by atoms with van der Waals surface area (Å²) in [4.78, 5) is 22.8. The molecule has 0 saturated carbocycles. The van der Waals surface area contributed by atoms with Crippen LogP contribution in [0.25, 0.3) is 22.2 Å². The van der Waals surface area contributed by atoms with E-state index in [2.05, 4.69) is 11.8 Å². The summed E-state index contributed by atoms with van der Waals surface area (Å²) >= 11 is 0. The Morgan fingerprint density at radius 1 is 1.00 bits per heavy atom. The van der Waals surface area contributed by atoms with Crippen molar-refractivity contribution in [2.24, 2.45) is 0 Å². The van der Waals surface area contributed by atoms with Gasteiger partial charge in [-0.05, 0) is 43.8 Å². The molecule has 31 heavy (non-hydrogen) atoms. The molecule has 4 rings (SSSR count). The molecule has 6 heteroatoms. The lowest BCUT2D eigenvalue weighted by Gasteiger charge is -2.34. The molecule has 0 aliphatic carbocycles. The number of piperazine rings is 1. The predicted octanol–water partition coefficient (Wildman–Crippen LogP) is 4.01. The second-order valence-corrected chi connectivity index (χ2v) is 7.87. The third kappa shape index (κ3) is 4.21. The first kappa shape index (κ1) is 21.1. The van der Waals surface area contributed by atoms with E-state index in [1.54, 1.807) is 14.2 Å². The molecule has 2 heterocycles. The van der Waals surface area contributed by atoms with Gasteiger partial charge in [-0.15, -0.1) is 0 Å². The number of nitrogens with zero attached hydrogens (tertiary/aromatic N) is 3. The van der Waals surface area contributed by atoms with Crippen LogP contribution < -0.4 is 9.47 Å². The standard InChI is InChI=1S/C25H29N3O3/c1-5-27-10-12-28(13-11-27)25(29)21-16-23(26-22-9-6-17(2)14-20(21)22)19-8-7-18(30-3)15-24(19)31-4/h6-9,14-16H,5,10-13H2,1-4H3. The zero-order chi connectivity index (χ0) is 22.0. The molecule has 0 radical (unpaired) electrons. The summed E-state index contributed by atoms with van der Waals surface area (Å²) in [6, 6.07) is 13.6. The largest absolute Gasteiger partial charge is 0.497 e. The maximum atomic E-state index is 13.6. The zero-order valence-corrected chi connectivity index (χ0v) is 18.6. The Labute approximate surface area is 183 Å². The molecule has 0 unspecified atom stereocenters. The van der Waals surface area contributed by atoms with Crippen LogP contribution in [0.2, 0.25) is 0 Å². The highest BCUT2D eigenvalue weighted by molar-refractivity contribution is 6.07. The molecule has 1 aliphatic heterocycles. The highest BCUT2D eigenvalue weighted by Gasteiger charge is 2.24. The number of amides is 1. The Morgan fingerprint density at radius 2 is 1.77 bits per heavy atom. The molecule has 3 aromatic rings. The number of fused-ring (bicyclic) bond motifs is 1. The van der Waals surface area contributed by atoms with Crippen molar-refractivity contribution in [3.8, 4) is 22.8 Å². The van der Waals surface area contributed by atoms with Gasteiger partial charge in [-0.1, -0.05) is 18.6 Å². The molecule has 6 nitrogen and oxygen atoms in total. The van der Waals surface area contributed by atoms with Gasteiger partial charge in [0.05, 0.1) is 31.0 Å². The third-order valence-corrected chi connectivity index (χ3v) is 5.99. The number of aryl methyl sites for hydroxylation is 1. The first-order chi connectivity index (χ1) is 15.0. The number of hydrogen-bond acceptors (Lipinski definition) is 5. The number of ether oxygens (including phenoxy) is 2. The van der Waals surface area contributed by atoms with Crippen molar-refractivity contribution in [1.29, 1.82) is 0 Å². The molecule has 0 bridgehead atoms. The number of pyridine rings is 1. The van der Waals surface area contributed by atoms with Gasteiger partial charge in [0.1, 0.15) is 11.5 Å². The van der Waals surface area contributed by atoms with Crippen LogP contribution >= 0.6 is 0 Å². The van der Waals surface area contributed by atoms with Gasteiger partial charge in [0, 0.05) is 43.2 Å². The molecule has 1 amide bonds. The van der Waals surface area contributed by atoms with Crippen LogP contribution in [0.4, 0.5) is 0 Å². The fraction of sp³-hybridized carbons (Fsp3) is 0.360. The van der Waals surface area contributed by atoms with Crippen molar-refractivity contribution >= 4 is 16.8 Å².